The molecule has 0 unspecified atom stereocenters. The van der Waals surface area contributed by atoms with Crippen molar-refractivity contribution < 1.29 is 28.5 Å². The van der Waals surface area contributed by atoms with Gasteiger partial charge < -0.3 is 18.9 Å². The summed E-state index contributed by atoms with van der Waals surface area (Å²) in [7, 11) is 4.36. The number of ether oxygens (including phenoxy) is 4. The molecule has 27 heavy (non-hydrogen) atoms. The van der Waals surface area contributed by atoms with Crippen LogP contribution in [0.1, 0.15) is 15.9 Å². The topological polar surface area (TPSA) is 95.1 Å². The van der Waals surface area contributed by atoms with Gasteiger partial charge in [-0.3, -0.25) is 20.4 Å². The molecular formula is C19H22N2O6. The molecule has 2 aromatic carbocycles. The highest BCUT2D eigenvalue weighted by molar-refractivity contribution is 5.96. The Labute approximate surface area is 157 Å². The molecule has 8 nitrogen and oxygen atoms in total. The lowest BCUT2D eigenvalue weighted by Gasteiger charge is -2.14. The molecule has 0 aliphatic rings. The first-order chi connectivity index (χ1) is 13.0. The molecular weight excluding hydrogens is 352 g/mol. The fourth-order valence-corrected chi connectivity index (χ4v) is 2.31. The van der Waals surface area contributed by atoms with Gasteiger partial charge in [-0.25, -0.2) is 0 Å². The molecule has 2 rings (SSSR count). The number of carbonyl (C=O) groups is 2. The Hall–Kier alpha value is -3.42. The Morgan fingerprint density at radius 3 is 2.07 bits per heavy atom. The normalized spacial score (nSPS) is 9.93. The minimum absolute atomic E-state index is 0.227. The van der Waals surface area contributed by atoms with Crippen LogP contribution in [0.2, 0.25) is 0 Å². The molecule has 0 radical (unpaired) electrons. The number of rotatable bonds is 7. The number of carbonyl (C=O) groups excluding carboxylic acids is 2. The van der Waals surface area contributed by atoms with Gasteiger partial charge in [0.15, 0.2) is 18.1 Å². The predicted octanol–water partition coefficient (Wildman–Crippen LogP) is 1.86. The molecule has 2 amide bonds. The summed E-state index contributed by atoms with van der Waals surface area (Å²) in [6.45, 7) is 1.64. The van der Waals surface area contributed by atoms with E-state index in [1.54, 1.807) is 6.07 Å². The molecule has 0 spiro atoms. The Morgan fingerprint density at radius 1 is 0.889 bits per heavy atom. The Morgan fingerprint density at radius 2 is 1.52 bits per heavy atom. The number of hydrogen-bond acceptors (Lipinski definition) is 6. The van der Waals surface area contributed by atoms with Crippen molar-refractivity contribution in [3.63, 3.8) is 0 Å². The van der Waals surface area contributed by atoms with Gasteiger partial charge in [-0.15, -0.1) is 0 Å². The van der Waals surface area contributed by atoms with Crippen LogP contribution < -0.4 is 29.8 Å². The zero-order valence-electron chi connectivity index (χ0n) is 15.6. The summed E-state index contributed by atoms with van der Waals surface area (Å²) in [6.07, 6.45) is 0. The van der Waals surface area contributed by atoms with Crippen molar-refractivity contribution >= 4 is 11.8 Å². The van der Waals surface area contributed by atoms with E-state index in [0.717, 1.165) is 5.56 Å². The third kappa shape index (κ3) is 5.04. The second-order valence-corrected chi connectivity index (χ2v) is 5.47. The van der Waals surface area contributed by atoms with Gasteiger partial charge >= 0.3 is 0 Å². The number of benzene rings is 2. The smallest absolute Gasteiger partial charge is 0.276 e. The summed E-state index contributed by atoms with van der Waals surface area (Å²) in [6, 6.07) is 10.3. The van der Waals surface area contributed by atoms with Crippen molar-refractivity contribution in [2.24, 2.45) is 0 Å². The van der Waals surface area contributed by atoms with Crippen LogP contribution in [0.15, 0.2) is 36.4 Å². The van der Waals surface area contributed by atoms with Crippen LogP contribution in [-0.4, -0.2) is 39.8 Å². The molecule has 0 aliphatic carbocycles. The van der Waals surface area contributed by atoms with Crippen molar-refractivity contribution in [1.82, 2.24) is 10.9 Å². The van der Waals surface area contributed by atoms with Gasteiger partial charge in [0.05, 0.1) is 21.3 Å². The highest BCUT2D eigenvalue weighted by Crippen LogP contribution is 2.38. The summed E-state index contributed by atoms with van der Waals surface area (Å²) in [4.78, 5) is 24.2. The summed E-state index contributed by atoms with van der Waals surface area (Å²) in [5, 5.41) is 0. The van der Waals surface area contributed by atoms with Crippen molar-refractivity contribution in [2.75, 3.05) is 27.9 Å². The molecule has 0 bridgehead atoms. The lowest BCUT2D eigenvalue weighted by Crippen LogP contribution is -2.43. The van der Waals surface area contributed by atoms with Crippen molar-refractivity contribution in [3.8, 4) is 23.0 Å². The van der Waals surface area contributed by atoms with E-state index in [0.29, 0.717) is 23.0 Å². The molecule has 0 fully saturated rings. The molecule has 0 aliphatic heterocycles. The van der Waals surface area contributed by atoms with E-state index in [-0.39, 0.29) is 12.2 Å². The van der Waals surface area contributed by atoms with Crippen LogP contribution >= 0.6 is 0 Å². The number of amides is 2. The van der Waals surface area contributed by atoms with E-state index in [2.05, 4.69) is 10.9 Å². The molecule has 0 atom stereocenters. The van der Waals surface area contributed by atoms with Crippen molar-refractivity contribution in [3.05, 3.63) is 47.5 Å². The monoisotopic (exact) mass is 374 g/mol. The Kier molecular flexibility index (Phi) is 6.87. The SMILES string of the molecule is COc1cc(C(=O)NNC(=O)COc2ccccc2C)cc(OC)c1OC. The van der Waals surface area contributed by atoms with Gasteiger partial charge in [-0.2, -0.15) is 0 Å². The standard InChI is InChI=1S/C19H22N2O6/c1-12-7-5-6-8-14(12)27-11-17(22)20-21-19(23)13-9-15(24-2)18(26-4)16(10-13)25-3/h5-10H,11H2,1-4H3,(H,20,22)(H,21,23). The van der Waals surface area contributed by atoms with Crippen LogP contribution in [0.5, 0.6) is 23.0 Å². The molecule has 0 saturated carbocycles. The maximum atomic E-state index is 12.3. The van der Waals surface area contributed by atoms with Gasteiger partial charge in [0.2, 0.25) is 5.75 Å². The minimum Gasteiger partial charge on any atom is -0.493 e. The van der Waals surface area contributed by atoms with E-state index in [4.69, 9.17) is 18.9 Å². The van der Waals surface area contributed by atoms with Gasteiger partial charge in [0, 0.05) is 5.56 Å². The number of methoxy groups -OCH3 is 3. The summed E-state index contributed by atoms with van der Waals surface area (Å²) >= 11 is 0. The molecule has 0 heterocycles. The fourth-order valence-electron chi connectivity index (χ4n) is 2.31. The average Bonchev–Trinajstić information content (AvgIpc) is 2.70. The van der Waals surface area contributed by atoms with Gasteiger partial charge in [0.25, 0.3) is 11.8 Å². The first kappa shape index (κ1) is 19.9. The number of aryl methyl sites for hydroxylation is 1. The molecule has 0 saturated heterocycles. The molecule has 2 N–H and O–H groups in total. The Balaban J connectivity index is 1.97. The molecule has 2 aromatic rings. The summed E-state index contributed by atoms with van der Waals surface area (Å²) in [5.74, 6) is 0.584. The number of hydrazine groups is 1. The predicted molar refractivity (Wildman–Crippen MR) is 98.4 cm³/mol. The van der Waals surface area contributed by atoms with Crippen molar-refractivity contribution in [1.29, 1.82) is 0 Å². The third-order valence-electron chi connectivity index (χ3n) is 3.69. The summed E-state index contributed by atoms with van der Waals surface area (Å²) in [5.41, 5.74) is 5.75. The first-order valence-electron chi connectivity index (χ1n) is 8.07. The molecule has 8 heteroatoms. The largest absolute Gasteiger partial charge is 0.493 e. The van der Waals surface area contributed by atoms with Crippen molar-refractivity contribution in [2.45, 2.75) is 6.92 Å². The van der Waals surface area contributed by atoms with E-state index < -0.39 is 11.8 Å². The van der Waals surface area contributed by atoms with Gasteiger partial charge in [-0.05, 0) is 30.7 Å². The zero-order chi connectivity index (χ0) is 19.8. The zero-order valence-corrected chi connectivity index (χ0v) is 15.6. The second kappa shape index (κ2) is 9.33. The van der Waals surface area contributed by atoms with Gasteiger partial charge in [0.1, 0.15) is 5.75 Å². The minimum atomic E-state index is -0.543. The number of para-hydroxylation sites is 1. The molecule has 144 valence electrons. The molecule has 0 aromatic heterocycles. The van der Waals surface area contributed by atoms with E-state index in [9.17, 15) is 9.59 Å². The van der Waals surface area contributed by atoms with E-state index >= 15 is 0 Å². The van der Waals surface area contributed by atoms with Crippen LogP contribution in [0, 0.1) is 6.92 Å². The Bertz CT molecular complexity index is 797. The quantitative estimate of drug-likeness (QED) is 0.719. The summed E-state index contributed by atoms with van der Waals surface area (Å²) < 4.78 is 21.0. The van der Waals surface area contributed by atoms with Crippen LogP contribution in [-0.2, 0) is 4.79 Å². The second-order valence-electron chi connectivity index (χ2n) is 5.47. The average molecular weight is 374 g/mol. The van der Waals surface area contributed by atoms with E-state index in [1.807, 2.05) is 25.1 Å². The highest BCUT2D eigenvalue weighted by atomic mass is 16.5. The van der Waals surface area contributed by atoms with E-state index in [1.165, 1.54) is 33.5 Å². The highest BCUT2D eigenvalue weighted by Gasteiger charge is 2.17. The van der Waals surface area contributed by atoms with Gasteiger partial charge in [-0.1, -0.05) is 18.2 Å². The van der Waals surface area contributed by atoms with Crippen LogP contribution in [0.3, 0.4) is 0 Å². The fraction of sp³-hybridized carbons (Fsp3) is 0.263. The lowest BCUT2D eigenvalue weighted by atomic mass is 10.1. The first-order valence-corrected chi connectivity index (χ1v) is 8.07. The number of hydrogen-bond donors (Lipinski definition) is 2. The lowest BCUT2D eigenvalue weighted by molar-refractivity contribution is -0.123. The third-order valence-corrected chi connectivity index (χ3v) is 3.69. The maximum Gasteiger partial charge on any atom is 0.276 e. The maximum absolute atomic E-state index is 12.3. The number of nitrogens with one attached hydrogen (secondary N) is 2. The van der Waals surface area contributed by atoms with Crippen LogP contribution in [0.25, 0.3) is 0 Å². The van der Waals surface area contributed by atoms with Crippen LogP contribution in [0.4, 0.5) is 0 Å².